The van der Waals surface area contributed by atoms with Crippen LogP contribution in [-0.4, -0.2) is 41.6 Å². The van der Waals surface area contributed by atoms with Crippen molar-refractivity contribution >= 4 is 15.4 Å². The number of fused-ring (bicyclic) bond motifs is 1. The SMILES string of the molecule is CCCNC(CCCS(C)(=O)=O)c1cnn2ccncc12. The van der Waals surface area contributed by atoms with Crippen molar-refractivity contribution in [1.29, 1.82) is 0 Å². The average molecular weight is 310 g/mol. The second kappa shape index (κ2) is 7.00. The minimum Gasteiger partial charge on any atom is -0.310 e. The number of hydrogen-bond acceptors (Lipinski definition) is 5. The number of hydrogen-bond donors (Lipinski definition) is 1. The van der Waals surface area contributed by atoms with E-state index in [0.29, 0.717) is 6.42 Å². The number of rotatable bonds is 8. The molecule has 21 heavy (non-hydrogen) atoms. The summed E-state index contributed by atoms with van der Waals surface area (Å²) in [4.78, 5) is 4.14. The van der Waals surface area contributed by atoms with Gasteiger partial charge in [-0.1, -0.05) is 6.92 Å². The highest BCUT2D eigenvalue weighted by Crippen LogP contribution is 2.23. The summed E-state index contributed by atoms with van der Waals surface area (Å²) in [6.07, 6.45) is 10.8. The van der Waals surface area contributed by atoms with E-state index in [1.165, 1.54) is 6.26 Å². The summed E-state index contributed by atoms with van der Waals surface area (Å²) in [5.74, 6) is 0.217. The fraction of sp³-hybridized carbons (Fsp3) is 0.571. The molecular formula is C14H22N4O2S. The first-order valence-corrected chi connectivity index (χ1v) is 9.25. The van der Waals surface area contributed by atoms with Crippen molar-refractivity contribution in [2.24, 2.45) is 0 Å². The molecule has 0 aliphatic carbocycles. The number of sulfone groups is 1. The monoisotopic (exact) mass is 310 g/mol. The number of nitrogens with zero attached hydrogens (tertiary/aromatic N) is 3. The molecule has 116 valence electrons. The van der Waals surface area contributed by atoms with Crippen molar-refractivity contribution in [2.75, 3.05) is 18.6 Å². The highest BCUT2D eigenvalue weighted by molar-refractivity contribution is 7.90. The molecule has 0 fully saturated rings. The quantitative estimate of drug-likeness (QED) is 0.801. The highest BCUT2D eigenvalue weighted by atomic mass is 32.2. The fourth-order valence-electron chi connectivity index (χ4n) is 2.36. The Hall–Kier alpha value is -1.47. The van der Waals surface area contributed by atoms with Crippen LogP contribution in [0.4, 0.5) is 0 Å². The standard InChI is InChI=1S/C14H22N4O2S/c1-3-6-16-13(5-4-9-21(2,19)20)12-10-17-18-8-7-15-11-14(12)18/h7-8,10-11,13,16H,3-6,9H2,1-2H3. The molecule has 0 aromatic carbocycles. The minimum absolute atomic E-state index is 0.105. The Labute approximate surface area is 125 Å². The maximum atomic E-state index is 11.3. The van der Waals surface area contributed by atoms with E-state index in [2.05, 4.69) is 22.3 Å². The third-order valence-electron chi connectivity index (χ3n) is 3.38. The Bertz CT molecular complexity index is 681. The predicted octanol–water partition coefficient (Wildman–Crippen LogP) is 1.59. The van der Waals surface area contributed by atoms with Crippen molar-refractivity contribution in [3.05, 3.63) is 30.4 Å². The molecule has 2 rings (SSSR count). The largest absolute Gasteiger partial charge is 0.310 e. The molecule has 6 nitrogen and oxygen atoms in total. The molecule has 1 unspecified atom stereocenters. The normalized spacial score (nSPS) is 13.6. The van der Waals surface area contributed by atoms with Gasteiger partial charge in [-0.3, -0.25) is 4.98 Å². The first kappa shape index (κ1) is 15.9. The van der Waals surface area contributed by atoms with Crippen LogP contribution in [0.15, 0.2) is 24.8 Å². The molecule has 0 aliphatic heterocycles. The van der Waals surface area contributed by atoms with E-state index in [1.807, 2.05) is 12.4 Å². The lowest BCUT2D eigenvalue weighted by atomic mass is 10.0. The van der Waals surface area contributed by atoms with Gasteiger partial charge in [0, 0.05) is 36.0 Å². The van der Waals surface area contributed by atoms with Gasteiger partial charge in [0.25, 0.3) is 0 Å². The second-order valence-corrected chi connectivity index (χ2v) is 7.54. The third-order valence-corrected chi connectivity index (χ3v) is 4.41. The molecule has 0 saturated heterocycles. The van der Waals surface area contributed by atoms with Crippen molar-refractivity contribution in [3.63, 3.8) is 0 Å². The van der Waals surface area contributed by atoms with Crippen LogP contribution in [0.2, 0.25) is 0 Å². The van der Waals surface area contributed by atoms with Crippen LogP contribution in [0.5, 0.6) is 0 Å². The lowest BCUT2D eigenvalue weighted by Gasteiger charge is -2.17. The van der Waals surface area contributed by atoms with Gasteiger partial charge >= 0.3 is 0 Å². The summed E-state index contributed by atoms with van der Waals surface area (Å²) in [6, 6.07) is 0.105. The van der Waals surface area contributed by atoms with E-state index < -0.39 is 9.84 Å². The van der Waals surface area contributed by atoms with Gasteiger partial charge in [-0.25, -0.2) is 12.9 Å². The van der Waals surface area contributed by atoms with Crippen molar-refractivity contribution in [2.45, 2.75) is 32.2 Å². The summed E-state index contributed by atoms with van der Waals surface area (Å²) < 4.78 is 24.3. The fourth-order valence-corrected chi connectivity index (χ4v) is 3.05. The summed E-state index contributed by atoms with van der Waals surface area (Å²) in [5, 5.41) is 7.80. The van der Waals surface area contributed by atoms with E-state index in [9.17, 15) is 8.42 Å². The Morgan fingerprint density at radius 2 is 2.19 bits per heavy atom. The van der Waals surface area contributed by atoms with Gasteiger partial charge in [0.05, 0.1) is 17.9 Å². The van der Waals surface area contributed by atoms with E-state index >= 15 is 0 Å². The van der Waals surface area contributed by atoms with Gasteiger partial charge < -0.3 is 5.32 Å². The van der Waals surface area contributed by atoms with Gasteiger partial charge in [0.2, 0.25) is 0 Å². The van der Waals surface area contributed by atoms with Crippen LogP contribution in [0.25, 0.3) is 5.52 Å². The summed E-state index contributed by atoms with van der Waals surface area (Å²) >= 11 is 0. The summed E-state index contributed by atoms with van der Waals surface area (Å²) in [7, 11) is -2.91. The molecule has 2 aromatic heterocycles. The van der Waals surface area contributed by atoms with E-state index in [-0.39, 0.29) is 11.8 Å². The topological polar surface area (TPSA) is 76.4 Å². The molecule has 0 radical (unpaired) electrons. The molecule has 2 aromatic rings. The van der Waals surface area contributed by atoms with Gasteiger partial charge in [-0.2, -0.15) is 5.10 Å². The van der Waals surface area contributed by atoms with E-state index in [0.717, 1.165) is 30.5 Å². The van der Waals surface area contributed by atoms with Crippen LogP contribution < -0.4 is 5.32 Å². The molecule has 1 N–H and O–H groups in total. The van der Waals surface area contributed by atoms with Crippen molar-refractivity contribution in [3.8, 4) is 0 Å². The zero-order valence-electron chi connectivity index (χ0n) is 12.5. The molecule has 2 heterocycles. The predicted molar refractivity (Wildman–Crippen MR) is 83.0 cm³/mol. The first-order chi connectivity index (χ1) is 10.0. The highest BCUT2D eigenvalue weighted by Gasteiger charge is 2.16. The Kier molecular flexibility index (Phi) is 5.30. The first-order valence-electron chi connectivity index (χ1n) is 7.19. The van der Waals surface area contributed by atoms with E-state index in [1.54, 1.807) is 16.9 Å². The Morgan fingerprint density at radius 1 is 1.38 bits per heavy atom. The van der Waals surface area contributed by atoms with Crippen LogP contribution in [-0.2, 0) is 9.84 Å². The average Bonchev–Trinajstić information content (AvgIpc) is 2.85. The van der Waals surface area contributed by atoms with Crippen LogP contribution in [0, 0.1) is 0 Å². The smallest absolute Gasteiger partial charge is 0.147 e. The molecule has 1 atom stereocenters. The van der Waals surface area contributed by atoms with Crippen molar-refractivity contribution in [1.82, 2.24) is 19.9 Å². The molecule has 0 aliphatic rings. The maximum absolute atomic E-state index is 11.3. The lowest BCUT2D eigenvalue weighted by molar-refractivity contribution is 0.495. The van der Waals surface area contributed by atoms with E-state index in [4.69, 9.17) is 0 Å². The molecule has 7 heteroatoms. The van der Waals surface area contributed by atoms with Crippen LogP contribution in [0.3, 0.4) is 0 Å². The van der Waals surface area contributed by atoms with Gasteiger partial charge in [0.15, 0.2) is 0 Å². The third kappa shape index (κ3) is 4.50. The molecular weight excluding hydrogens is 288 g/mol. The molecule has 0 saturated carbocycles. The Balaban J connectivity index is 2.15. The van der Waals surface area contributed by atoms with Gasteiger partial charge in [-0.15, -0.1) is 0 Å². The van der Waals surface area contributed by atoms with Crippen LogP contribution >= 0.6 is 0 Å². The zero-order valence-corrected chi connectivity index (χ0v) is 13.3. The van der Waals surface area contributed by atoms with Gasteiger partial charge in [-0.05, 0) is 25.8 Å². The van der Waals surface area contributed by atoms with Crippen molar-refractivity contribution < 1.29 is 8.42 Å². The molecule has 0 bridgehead atoms. The lowest BCUT2D eigenvalue weighted by Crippen LogP contribution is -2.22. The minimum atomic E-state index is -2.91. The zero-order chi connectivity index (χ0) is 15.3. The molecule has 0 amide bonds. The number of aromatic nitrogens is 3. The summed E-state index contributed by atoms with van der Waals surface area (Å²) in [5.41, 5.74) is 2.04. The maximum Gasteiger partial charge on any atom is 0.147 e. The second-order valence-electron chi connectivity index (χ2n) is 5.28. The Morgan fingerprint density at radius 3 is 2.90 bits per heavy atom. The number of nitrogens with one attached hydrogen (secondary N) is 1. The van der Waals surface area contributed by atoms with Gasteiger partial charge in [0.1, 0.15) is 9.84 Å². The van der Waals surface area contributed by atoms with Crippen LogP contribution in [0.1, 0.15) is 37.8 Å². The summed E-state index contributed by atoms with van der Waals surface area (Å²) in [6.45, 7) is 3.00. The molecule has 0 spiro atoms.